The van der Waals surface area contributed by atoms with Gasteiger partial charge in [-0.1, -0.05) is 0 Å². The van der Waals surface area contributed by atoms with Crippen molar-refractivity contribution in [2.75, 3.05) is 6.61 Å². The number of rotatable bonds is 12. The number of pyridine rings is 1. The van der Waals surface area contributed by atoms with Gasteiger partial charge in [-0.15, -0.1) is 5.10 Å². The number of oxazole rings is 1. The molecule has 0 saturated heterocycles. The number of nitrogens with one attached hydrogen (secondary N) is 2. The molecule has 1 atom stereocenters. The molecule has 40 heavy (non-hydrogen) atoms. The summed E-state index contributed by atoms with van der Waals surface area (Å²) in [5.74, 6) is 4.60. The normalized spacial score (nSPS) is 13.8. The third kappa shape index (κ3) is 8.28. The second-order valence-electron chi connectivity index (χ2n) is 8.43. The number of alkyl halides is 2. The number of carbonyl (C=O) groups is 1. The number of nitrogens with zero attached hydrogens (tertiary/aromatic N) is 3. The van der Waals surface area contributed by atoms with E-state index >= 15 is 0 Å². The highest BCUT2D eigenvalue weighted by Crippen LogP contribution is 2.36. The first-order valence-electron chi connectivity index (χ1n) is 11.8. The molecule has 2 heterocycles. The molecule has 12 nitrogen and oxygen atoms in total. The van der Waals surface area contributed by atoms with E-state index in [2.05, 4.69) is 25.1 Å². The molecule has 216 valence electrons. The molecule has 0 radical (unpaired) electrons. The summed E-state index contributed by atoms with van der Waals surface area (Å²) in [7, 11) is 0. The van der Waals surface area contributed by atoms with Crippen LogP contribution in [0.2, 0.25) is 0 Å². The summed E-state index contributed by atoms with van der Waals surface area (Å²) in [5.41, 5.74) is 14.0. The molecule has 0 bridgehead atoms. The molecule has 1 aromatic carbocycles. The van der Waals surface area contributed by atoms with Crippen LogP contribution < -0.4 is 37.6 Å². The maximum atomic E-state index is 13.4. The Kier molecular flexibility index (Phi) is 10.6. The quantitative estimate of drug-likeness (QED) is 0.0542. The Morgan fingerprint density at radius 3 is 2.60 bits per heavy atom. The number of aromatic nitrogens is 2. The number of carbonyl (C=O) groups excluding carboxylic acids is 1. The minimum absolute atomic E-state index is 0.00623. The number of hydrogen-bond acceptors (Lipinski definition) is 10. The summed E-state index contributed by atoms with van der Waals surface area (Å²) in [6.45, 7) is -0.372. The van der Waals surface area contributed by atoms with E-state index in [0.29, 0.717) is 41.5 Å². The molecule has 1 amide bonds. The van der Waals surface area contributed by atoms with E-state index in [1.165, 1.54) is 6.07 Å². The van der Waals surface area contributed by atoms with Crippen molar-refractivity contribution in [1.82, 2.24) is 20.8 Å². The van der Waals surface area contributed by atoms with Crippen LogP contribution >= 0.6 is 0 Å². The number of hydrogen-bond donors (Lipinski definition) is 5. The number of nitrogens with two attached hydrogens (primary N) is 3. The zero-order valence-corrected chi connectivity index (χ0v) is 21.2. The van der Waals surface area contributed by atoms with Crippen molar-refractivity contribution >= 4 is 12.2 Å². The minimum atomic E-state index is -2.91. The van der Waals surface area contributed by atoms with Crippen molar-refractivity contribution in [2.45, 2.75) is 39.0 Å². The Morgan fingerprint density at radius 1 is 1.27 bits per heavy atom. The van der Waals surface area contributed by atoms with E-state index in [4.69, 9.17) is 26.5 Å². The summed E-state index contributed by atoms with van der Waals surface area (Å²) in [5, 5.41) is 5.57. The lowest BCUT2D eigenvalue weighted by molar-refractivity contribution is -0.109. The van der Waals surface area contributed by atoms with E-state index < -0.39 is 24.3 Å². The molecule has 0 aliphatic heterocycles. The first-order valence-corrected chi connectivity index (χ1v) is 11.8. The number of aryl methyl sites for hydroxylation is 1. The topological polar surface area (TPSA) is 189 Å². The SMILES string of the molecule is Cc1nc(-c2ccc(OC(F)F)c(OCC3CC3)c2)oc1CN.NN/N=C(\N)C(NC=O)c1ncc(F)cc1F. The summed E-state index contributed by atoms with van der Waals surface area (Å²) < 4.78 is 66.8. The Bertz CT molecular complexity index is 1320. The molecule has 1 aliphatic carbocycles. The lowest BCUT2D eigenvalue weighted by Gasteiger charge is -2.15. The molecule has 1 fully saturated rings. The van der Waals surface area contributed by atoms with E-state index in [1.54, 1.807) is 19.1 Å². The number of hydrazine groups is 1. The van der Waals surface area contributed by atoms with Crippen LogP contribution in [0.4, 0.5) is 17.6 Å². The smallest absolute Gasteiger partial charge is 0.387 e. The Balaban J connectivity index is 0.000000232. The first-order chi connectivity index (χ1) is 19.2. The first kappa shape index (κ1) is 30.1. The number of amides is 1. The second kappa shape index (κ2) is 14.1. The van der Waals surface area contributed by atoms with Crippen LogP contribution in [0.5, 0.6) is 11.5 Å². The van der Waals surface area contributed by atoms with Gasteiger partial charge in [-0.25, -0.2) is 25.1 Å². The number of benzene rings is 1. The third-order valence-electron chi connectivity index (χ3n) is 5.49. The predicted octanol–water partition coefficient (Wildman–Crippen LogP) is 2.38. The van der Waals surface area contributed by atoms with Crippen LogP contribution in [-0.4, -0.2) is 35.4 Å². The Morgan fingerprint density at radius 2 is 2.02 bits per heavy atom. The van der Waals surface area contributed by atoms with Gasteiger partial charge in [0.2, 0.25) is 12.3 Å². The van der Waals surface area contributed by atoms with Crippen molar-refractivity contribution in [3.05, 3.63) is 59.2 Å². The zero-order chi connectivity index (χ0) is 29.2. The fourth-order valence-electron chi connectivity index (χ4n) is 3.33. The molecule has 0 spiro atoms. The van der Waals surface area contributed by atoms with Gasteiger partial charge in [0.25, 0.3) is 0 Å². The van der Waals surface area contributed by atoms with Gasteiger partial charge in [0.15, 0.2) is 11.5 Å². The fourth-order valence-corrected chi connectivity index (χ4v) is 3.33. The van der Waals surface area contributed by atoms with Crippen molar-refractivity contribution in [3.63, 3.8) is 0 Å². The van der Waals surface area contributed by atoms with Crippen LogP contribution in [-0.2, 0) is 11.3 Å². The standard InChI is InChI=1S/C16H18F2N2O3.C8H10F2N6O/c1-9-14(7-19)22-15(20-9)11-4-5-12(23-16(17)18)13(6-11)21-8-10-2-3-10;9-4-1-5(10)6(13-2-4)7(14-3-17)8(11)15-16-12/h4-6,10,16H,2-3,7-8,19H2,1H3;1-3,7,16H,12H2,(H2,11,15)(H,14,17). The largest absolute Gasteiger partial charge is 0.489 e. The molecule has 2 aromatic heterocycles. The van der Waals surface area contributed by atoms with E-state index in [-0.39, 0.29) is 36.0 Å². The highest BCUT2D eigenvalue weighted by Gasteiger charge is 2.24. The van der Waals surface area contributed by atoms with Crippen LogP contribution in [0.3, 0.4) is 0 Å². The number of ether oxygens (including phenoxy) is 2. The van der Waals surface area contributed by atoms with E-state index in [1.807, 2.05) is 5.53 Å². The fraction of sp³-hybridized carbons (Fsp3) is 0.333. The van der Waals surface area contributed by atoms with Gasteiger partial charge in [-0.2, -0.15) is 8.78 Å². The zero-order valence-electron chi connectivity index (χ0n) is 21.2. The summed E-state index contributed by atoms with van der Waals surface area (Å²) in [6, 6.07) is 4.12. The van der Waals surface area contributed by atoms with Crippen LogP contribution in [0, 0.1) is 24.5 Å². The van der Waals surface area contributed by atoms with Crippen molar-refractivity contribution in [3.8, 4) is 23.0 Å². The van der Waals surface area contributed by atoms with Gasteiger partial charge in [0, 0.05) is 11.6 Å². The molecule has 8 N–H and O–H groups in total. The number of amidine groups is 1. The molecule has 1 unspecified atom stereocenters. The van der Waals surface area contributed by atoms with Crippen molar-refractivity contribution in [2.24, 2.45) is 28.3 Å². The molecule has 1 saturated carbocycles. The molecular formula is C24H28F4N8O4. The Hall–Kier alpha value is -4.44. The Labute approximate surface area is 225 Å². The number of hydrazone groups is 1. The maximum absolute atomic E-state index is 13.4. The third-order valence-corrected chi connectivity index (χ3v) is 5.49. The minimum Gasteiger partial charge on any atom is -0.489 e. The van der Waals surface area contributed by atoms with Crippen molar-refractivity contribution in [1.29, 1.82) is 0 Å². The van der Waals surface area contributed by atoms with Gasteiger partial charge in [-0.05, 0) is 43.9 Å². The average Bonchev–Trinajstić information content (AvgIpc) is 3.67. The lowest BCUT2D eigenvalue weighted by Crippen LogP contribution is -2.36. The highest BCUT2D eigenvalue weighted by molar-refractivity contribution is 5.88. The summed E-state index contributed by atoms with van der Waals surface area (Å²) >= 11 is 0. The van der Waals surface area contributed by atoms with E-state index in [0.717, 1.165) is 19.0 Å². The van der Waals surface area contributed by atoms with Crippen LogP contribution in [0.25, 0.3) is 11.5 Å². The molecule has 3 aromatic rings. The van der Waals surface area contributed by atoms with E-state index in [9.17, 15) is 22.4 Å². The summed E-state index contributed by atoms with van der Waals surface area (Å²) in [4.78, 5) is 18.2. The molecule has 4 rings (SSSR count). The predicted molar refractivity (Wildman–Crippen MR) is 134 cm³/mol. The average molecular weight is 569 g/mol. The van der Waals surface area contributed by atoms with Gasteiger partial charge >= 0.3 is 6.61 Å². The highest BCUT2D eigenvalue weighted by atomic mass is 19.3. The molecular weight excluding hydrogens is 540 g/mol. The van der Waals surface area contributed by atoms with Crippen LogP contribution in [0.15, 0.2) is 40.0 Å². The number of halogens is 4. The van der Waals surface area contributed by atoms with Gasteiger partial charge in [-0.3, -0.25) is 9.78 Å². The van der Waals surface area contributed by atoms with Gasteiger partial charge in [0.1, 0.15) is 35.0 Å². The monoisotopic (exact) mass is 568 g/mol. The van der Waals surface area contributed by atoms with Gasteiger partial charge in [0.05, 0.1) is 25.0 Å². The molecule has 16 heteroatoms. The lowest BCUT2D eigenvalue weighted by atomic mass is 10.1. The van der Waals surface area contributed by atoms with Crippen molar-refractivity contribution < 1.29 is 36.2 Å². The summed E-state index contributed by atoms with van der Waals surface area (Å²) in [6.07, 6.45) is 3.28. The molecule has 1 aliphatic rings. The van der Waals surface area contributed by atoms with Crippen LogP contribution in [0.1, 0.15) is 36.0 Å². The second-order valence-corrected chi connectivity index (χ2v) is 8.43. The maximum Gasteiger partial charge on any atom is 0.387 e. The van der Waals surface area contributed by atoms with Gasteiger partial charge < -0.3 is 30.7 Å².